The first-order valence-electron chi connectivity index (χ1n) is 3.69. The fraction of sp³-hybridized carbons (Fsp3) is 0.111. The second-order valence-electron chi connectivity index (χ2n) is 2.64. The molecule has 0 aliphatic rings. The summed E-state index contributed by atoms with van der Waals surface area (Å²) in [5.41, 5.74) is 1.22. The first-order valence-corrected chi connectivity index (χ1v) is 6.56. The third-order valence-corrected chi connectivity index (χ3v) is 4.81. The molecule has 0 bridgehead atoms. The highest BCUT2D eigenvalue weighted by molar-refractivity contribution is 14.1. The number of thiophene rings is 1. The molecule has 0 spiro atoms. The molecule has 68 valence electrons. The summed E-state index contributed by atoms with van der Waals surface area (Å²) in [6, 6.07) is 6.14. The Morgan fingerprint density at radius 1 is 1.46 bits per heavy atom. The Labute approximate surface area is 105 Å². The van der Waals surface area contributed by atoms with Gasteiger partial charge in [0.2, 0.25) is 0 Å². The van der Waals surface area contributed by atoms with Crippen molar-refractivity contribution in [3.63, 3.8) is 0 Å². The molecular weight excluding hydrogens is 335 g/mol. The van der Waals surface area contributed by atoms with E-state index in [2.05, 4.69) is 41.3 Å². The van der Waals surface area contributed by atoms with E-state index in [1.54, 1.807) is 11.3 Å². The Balaban J connectivity index is 2.88. The molecule has 1 aromatic carbocycles. The highest BCUT2D eigenvalue weighted by Crippen LogP contribution is 2.36. The molecule has 0 aliphatic carbocycles. The number of alkyl halides is 1. The largest absolute Gasteiger partial charge is 0.143 e. The highest BCUT2D eigenvalue weighted by Gasteiger charge is 2.10. The van der Waals surface area contributed by atoms with Gasteiger partial charge >= 0.3 is 0 Å². The zero-order valence-electron chi connectivity index (χ0n) is 6.55. The first-order chi connectivity index (χ1) is 6.24. The van der Waals surface area contributed by atoms with Gasteiger partial charge in [0.15, 0.2) is 0 Å². The third kappa shape index (κ3) is 1.71. The topological polar surface area (TPSA) is 0 Å². The molecule has 0 saturated carbocycles. The fourth-order valence-corrected chi connectivity index (χ4v) is 4.42. The molecular formula is C9H6ClIS2. The molecule has 1 heterocycles. The van der Waals surface area contributed by atoms with Gasteiger partial charge in [0.25, 0.3) is 0 Å². The lowest BCUT2D eigenvalue weighted by molar-refractivity contribution is 1.43. The number of benzene rings is 1. The molecule has 0 fully saturated rings. The predicted octanol–water partition coefficient (Wildman–Crippen LogP) is 4.53. The van der Waals surface area contributed by atoms with Gasteiger partial charge in [-0.05, 0) is 34.7 Å². The summed E-state index contributed by atoms with van der Waals surface area (Å²) in [6.07, 6.45) is 0. The van der Waals surface area contributed by atoms with Crippen molar-refractivity contribution in [3.8, 4) is 0 Å². The Hall–Kier alpha value is 0.550. The van der Waals surface area contributed by atoms with Gasteiger partial charge in [-0.25, -0.2) is 0 Å². The second-order valence-corrected chi connectivity index (χ2v) is 6.25. The van der Waals surface area contributed by atoms with Gasteiger partial charge in [-0.2, -0.15) is 0 Å². The minimum absolute atomic E-state index is 0.565. The molecule has 0 nitrogen and oxygen atoms in total. The maximum Gasteiger partial charge on any atom is 0.0710 e. The van der Waals surface area contributed by atoms with Crippen molar-refractivity contribution in [2.24, 2.45) is 0 Å². The van der Waals surface area contributed by atoms with Crippen LogP contribution in [0, 0.1) is 2.88 Å². The van der Waals surface area contributed by atoms with Crippen LogP contribution in [0.5, 0.6) is 0 Å². The van der Waals surface area contributed by atoms with Crippen molar-refractivity contribution in [1.82, 2.24) is 0 Å². The first kappa shape index (κ1) is 10.1. The van der Waals surface area contributed by atoms with Crippen LogP contribution in [0.25, 0.3) is 10.1 Å². The Morgan fingerprint density at radius 2 is 2.23 bits per heavy atom. The average molecular weight is 341 g/mol. The van der Waals surface area contributed by atoms with E-state index in [1.165, 1.54) is 18.5 Å². The fourth-order valence-electron chi connectivity index (χ4n) is 1.28. The molecule has 2 rings (SSSR count). The van der Waals surface area contributed by atoms with E-state index < -0.39 is 0 Å². The van der Waals surface area contributed by atoms with E-state index in [1.807, 2.05) is 12.1 Å². The lowest BCUT2D eigenvalue weighted by Gasteiger charge is -1.97. The predicted molar refractivity (Wildman–Crippen MR) is 71.4 cm³/mol. The lowest BCUT2D eigenvalue weighted by Crippen LogP contribution is -1.78. The van der Waals surface area contributed by atoms with Gasteiger partial charge in [0.1, 0.15) is 0 Å². The van der Waals surface area contributed by atoms with Crippen molar-refractivity contribution >= 4 is 68.2 Å². The summed E-state index contributed by atoms with van der Waals surface area (Å²) >= 11 is 14.4. The SMILES string of the molecule is Sc1cccc2sc(I)c(CCl)c12. The Kier molecular flexibility index (Phi) is 3.07. The monoisotopic (exact) mass is 340 g/mol. The number of thiol groups is 1. The van der Waals surface area contributed by atoms with E-state index in [-0.39, 0.29) is 0 Å². The maximum absolute atomic E-state index is 5.89. The minimum Gasteiger partial charge on any atom is -0.143 e. The minimum atomic E-state index is 0.565. The van der Waals surface area contributed by atoms with Crippen LogP contribution in [-0.4, -0.2) is 0 Å². The van der Waals surface area contributed by atoms with Gasteiger partial charge in [-0.15, -0.1) is 35.6 Å². The van der Waals surface area contributed by atoms with Crippen LogP contribution in [0.4, 0.5) is 0 Å². The van der Waals surface area contributed by atoms with Gasteiger partial charge < -0.3 is 0 Å². The number of halogens is 2. The van der Waals surface area contributed by atoms with Gasteiger partial charge in [-0.1, -0.05) is 6.07 Å². The number of rotatable bonds is 1. The van der Waals surface area contributed by atoms with Crippen LogP contribution < -0.4 is 0 Å². The summed E-state index contributed by atoms with van der Waals surface area (Å²) in [5.74, 6) is 0.565. The number of hydrogen-bond acceptors (Lipinski definition) is 2. The summed E-state index contributed by atoms with van der Waals surface area (Å²) in [4.78, 5) is 1.02. The molecule has 0 radical (unpaired) electrons. The molecule has 0 unspecified atom stereocenters. The van der Waals surface area contributed by atoms with Crippen LogP contribution in [0.2, 0.25) is 0 Å². The Morgan fingerprint density at radius 3 is 2.92 bits per heavy atom. The molecule has 1 aromatic heterocycles. The van der Waals surface area contributed by atoms with E-state index >= 15 is 0 Å². The van der Waals surface area contributed by atoms with E-state index in [0.29, 0.717) is 5.88 Å². The van der Waals surface area contributed by atoms with Gasteiger partial charge in [0.05, 0.1) is 2.88 Å². The Bertz CT molecular complexity index is 450. The van der Waals surface area contributed by atoms with Crippen molar-refractivity contribution in [3.05, 3.63) is 26.6 Å². The standard InChI is InChI=1S/C9H6ClIS2/c10-4-5-8-6(12)2-1-3-7(8)13-9(5)11/h1-3,12H,4H2. The molecule has 13 heavy (non-hydrogen) atoms. The molecule has 4 heteroatoms. The molecule has 0 amide bonds. The summed E-state index contributed by atoms with van der Waals surface area (Å²) in [7, 11) is 0. The molecule has 0 N–H and O–H groups in total. The molecule has 0 atom stereocenters. The van der Waals surface area contributed by atoms with Crippen molar-refractivity contribution in [2.45, 2.75) is 10.8 Å². The molecule has 0 aliphatic heterocycles. The summed E-state index contributed by atoms with van der Waals surface area (Å²) in [5, 5.41) is 1.22. The smallest absolute Gasteiger partial charge is 0.0710 e. The zero-order chi connectivity index (χ0) is 9.42. The molecule has 2 aromatic rings. The van der Waals surface area contributed by atoms with Crippen LogP contribution in [0.3, 0.4) is 0 Å². The zero-order valence-corrected chi connectivity index (χ0v) is 11.2. The summed E-state index contributed by atoms with van der Waals surface area (Å²) < 4.78 is 2.54. The average Bonchev–Trinajstić information content (AvgIpc) is 2.42. The van der Waals surface area contributed by atoms with E-state index in [9.17, 15) is 0 Å². The summed E-state index contributed by atoms with van der Waals surface area (Å²) in [6.45, 7) is 0. The van der Waals surface area contributed by atoms with Crippen LogP contribution in [0.1, 0.15) is 5.56 Å². The van der Waals surface area contributed by atoms with Crippen molar-refractivity contribution in [1.29, 1.82) is 0 Å². The van der Waals surface area contributed by atoms with E-state index in [0.717, 1.165) is 4.90 Å². The lowest BCUT2D eigenvalue weighted by atomic mass is 10.2. The van der Waals surface area contributed by atoms with Crippen molar-refractivity contribution < 1.29 is 0 Å². The van der Waals surface area contributed by atoms with Crippen molar-refractivity contribution in [2.75, 3.05) is 0 Å². The maximum atomic E-state index is 5.89. The number of fused-ring (bicyclic) bond motifs is 1. The quantitative estimate of drug-likeness (QED) is 0.440. The van der Waals surface area contributed by atoms with Crippen LogP contribution in [0.15, 0.2) is 23.1 Å². The van der Waals surface area contributed by atoms with Gasteiger partial charge in [0, 0.05) is 26.4 Å². The van der Waals surface area contributed by atoms with E-state index in [4.69, 9.17) is 11.6 Å². The van der Waals surface area contributed by atoms with Crippen LogP contribution >= 0.6 is 58.2 Å². The highest BCUT2D eigenvalue weighted by atomic mass is 127. The van der Waals surface area contributed by atoms with Crippen LogP contribution in [-0.2, 0) is 5.88 Å². The number of hydrogen-bond donors (Lipinski definition) is 1. The van der Waals surface area contributed by atoms with Gasteiger partial charge in [-0.3, -0.25) is 0 Å². The molecule has 0 saturated heterocycles. The normalized spacial score (nSPS) is 11.0. The second kappa shape index (κ2) is 3.96. The third-order valence-electron chi connectivity index (χ3n) is 1.88.